The molecule has 4 rings (SSSR count). The third-order valence-corrected chi connectivity index (χ3v) is 3.87. The number of hydrogen-bond donors (Lipinski definition) is 3. The number of nitrogens with one attached hydrogen (secondary N) is 3. The second kappa shape index (κ2) is 7.76. The van der Waals surface area contributed by atoms with Crippen LogP contribution in [0.25, 0.3) is 11.1 Å². The molecule has 0 saturated heterocycles. The maximum Gasteiger partial charge on any atom is 0.315 e. The molecule has 0 unspecified atom stereocenters. The first-order valence-electron chi connectivity index (χ1n) is 8.28. The molecule has 0 amide bonds. The van der Waals surface area contributed by atoms with Gasteiger partial charge in [-0.3, -0.25) is 10.9 Å². The lowest BCUT2D eigenvalue weighted by atomic mass is 10.3. The number of hydrazine groups is 1. The Hall–Kier alpha value is -3.58. The van der Waals surface area contributed by atoms with Crippen molar-refractivity contribution in [1.82, 2.24) is 10.4 Å². The van der Waals surface area contributed by atoms with Gasteiger partial charge in [0.15, 0.2) is 10.7 Å². The van der Waals surface area contributed by atoms with Gasteiger partial charge in [0.2, 0.25) is 0 Å². The fourth-order valence-corrected chi connectivity index (χ4v) is 2.60. The largest absolute Gasteiger partial charge is 0.457 e. The minimum absolute atomic E-state index is 0.340. The molecule has 0 bridgehead atoms. The number of oxazole rings is 1. The van der Waals surface area contributed by atoms with Crippen LogP contribution in [0, 0.1) is 0 Å². The van der Waals surface area contributed by atoms with E-state index in [2.05, 4.69) is 21.2 Å². The van der Waals surface area contributed by atoms with Crippen LogP contribution in [0.2, 0.25) is 0 Å². The van der Waals surface area contributed by atoms with E-state index in [0.29, 0.717) is 16.7 Å². The molecule has 134 valence electrons. The molecule has 1 heterocycles. The number of ether oxygens (including phenoxy) is 1. The second-order valence-electron chi connectivity index (χ2n) is 5.63. The minimum Gasteiger partial charge on any atom is -0.457 e. The van der Waals surface area contributed by atoms with Gasteiger partial charge in [-0.25, -0.2) is 0 Å². The fraction of sp³-hybridized carbons (Fsp3) is 0. The van der Waals surface area contributed by atoms with Crippen molar-refractivity contribution < 1.29 is 9.15 Å². The van der Waals surface area contributed by atoms with E-state index >= 15 is 0 Å². The van der Waals surface area contributed by atoms with E-state index in [1.807, 2.05) is 78.9 Å². The molecule has 3 aromatic carbocycles. The first-order valence-corrected chi connectivity index (χ1v) is 8.69. The van der Waals surface area contributed by atoms with Crippen LogP contribution in [0.4, 0.5) is 11.7 Å². The van der Waals surface area contributed by atoms with E-state index in [1.54, 1.807) is 0 Å². The number of para-hydroxylation sites is 3. The van der Waals surface area contributed by atoms with Gasteiger partial charge in [-0.2, -0.15) is 4.98 Å². The summed E-state index contributed by atoms with van der Waals surface area (Å²) in [6, 6.07) is 25.0. The summed E-state index contributed by atoms with van der Waals surface area (Å²) in [6.07, 6.45) is 0. The standard InChI is InChI=1S/C20H16N4O2S/c27-20(24-23-19-22-17-8-4-5-9-18(17)26-19)21-14-10-12-16(13-11-14)25-15-6-2-1-3-7-15/h1-13H,(H,22,23)(H2,21,24,27). The highest BCUT2D eigenvalue weighted by molar-refractivity contribution is 7.80. The third-order valence-electron chi connectivity index (χ3n) is 3.67. The number of fused-ring (bicyclic) bond motifs is 1. The molecular formula is C20H16N4O2S. The number of rotatable bonds is 5. The normalized spacial score (nSPS) is 10.4. The summed E-state index contributed by atoms with van der Waals surface area (Å²) < 4.78 is 11.3. The Kier molecular flexibility index (Phi) is 4.84. The van der Waals surface area contributed by atoms with Gasteiger partial charge in [0.05, 0.1) is 0 Å². The molecule has 1 aromatic heterocycles. The number of thiocarbonyl (C=S) groups is 1. The molecule has 0 aliphatic rings. The van der Waals surface area contributed by atoms with Crippen LogP contribution in [0.3, 0.4) is 0 Å². The van der Waals surface area contributed by atoms with E-state index in [4.69, 9.17) is 21.4 Å². The molecule has 0 spiro atoms. The molecule has 7 heteroatoms. The van der Waals surface area contributed by atoms with Crippen LogP contribution in [0.15, 0.2) is 83.3 Å². The predicted octanol–water partition coefficient (Wildman–Crippen LogP) is 4.93. The number of nitrogens with zero attached hydrogens (tertiary/aromatic N) is 1. The van der Waals surface area contributed by atoms with Crippen LogP contribution in [0.1, 0.15) is 0 Å². The van der Waals surface area contributed by atoms with Crippen molar-refractivity contribution in [2.45, 2.75) is 0 Å². The quantitative estimate of drug-likeness (QED) is 0.337. The first kappa shape index (κ1) is 16.9. The average molecular weight is 376 g/mol. The highest BCUT2D eigenvalue weighted by Crippen LogP contribution is 2.22. The van der Waals surface area contributed by atoms with Crippen LogP contribution in [-0.2, 0) is 0 Å². The van der Waals surface area contributed by atoms with Gasteiger partial charge in [-0.1, -0.05) is 30.3 Å². The highest BCUT2D eigenvalue weighted by Gasteiger charge is 2.05. The van der Waals surface area contributed by atoms with Gasteiger partial charge in [0.1, 0.15) is 17.0 Å². The van der Waals surface area contributed by atoms with E-state index in [1.165, 1.54) is 0 Å². The zero-order valence-electron chi connectivity index (χ0n) is 14.2. The van der Waals surface area contributed by atoms with Crippen molar-refractivity contribution in [3.8, 4) is 11.5 Å². The summed E-state index contributed by atoms with van der Waals surface area (Å²) in [5.74, 6) is 1.54. The number of anilines is 2. The maximum atomic E-state index is 5.76. The monoisotopic (exact) mass is 376 g/mol. The van der Waals surface area contributed by atoms with Gasteiger partial charge in [-0.15, -0.1) is 0 Å². The molecule has 0 aliphatic heterocycles. The average Bonchev–Trinajstić information content (AvgIpc) is 3.12. The Balaban J connectivity index is 1.31. The van der Waals surface area contributed by atoms with E-state index < -0.39 is 0 Å². The molecule has 27 heavy (non-hydrogen) atoms. The fourth-order valence-electron chi connectivity index (χ4n) is 2.43. The molecule has 0 saturated carbocycles. The van der Waals surface area contributed by atoms with Crippen molar-refractivity contribution in [2.24, 2.45) is 0 Å². The van der Waals surface area contributed by atoms with Crippen molar-refractivity contribution in [1.29, 1.82) is 0 Å². The van der Waals surface area contributed by atoms with Crippen molar-refractivity contribution >= 4 is 40.1 Å². The summed E-state index contributed by atoms with van der Waals surface area (Å²) in [4.78, 5) is 4.30. The lowest BCUT2D eigenvalue weighted by Crippen LogP contribution is -2.33. The zero-order chi connectivity index (χ0) is 18.5. The lowest BCUT2D eigenvalue weighted by Gasteiger charge is -2.11. The summed E-state index contributed by atoms with van der Waals surface area (Å²) >= 11 is 5.27. The molecule has 0 atom stereocenters. The van der Waals surface area contributed by atoms with Gasteiger partial charge < -0.3 is 14.5 Å². The summed E-state index contributed by atoms with van der Waals surface area (Å²) in [5, 5.41) is 3.45. The van der Waals surface area contributed by atoms with Gasteiger partial charge in [0.25, 0.3) is 0 Å². The Morgan fingerprint density at radius 2 is 1.56 bits per heavy atom. The summed E-state index contributed by atoms with van der Waals surface area (Å²) in [7, 11) is 0. The highest BCUT2D eigenvalue weighted by atomic mass is 32.1. The molecule has 6 nitrogen and oxygen atoms in total. The van der Waals surface area contributed by atoms with Crippen LogP contribution in [-0.4, -0.2) is 10.1 Å². The van der Waals surface area contributed by atoms with Crippen LogP contribution in [0.5, 0.6) is 11.5 Å². The number of hydrogen-bond acceptors (Lipinski definition) is 5. The number of benzene rings is 3. The minimum atomic E-state index is 0.340. The van der Waals surface area contributed by atoms with Gasteiger partial charge >= 0.3 is 6.01 Å². The molecule has 0 radical (unpaired) electrons. The topological polar surface area (TPSA) is 71.4 Å². The van der Waals surface area contributed by atoms with Crippen molar-refractivity contribution in [3.63, 3.8) is 0 Å². The third kappa shape index (κ3) is 4.34. The molecular weight excluding hydrogens is 360 g/mol. The second-order valence-corrected chi connectivity index (χ2v) is 6.04. The predicted molar refractivity (Wildman–Crippen MR) is 110 cm³/mol. The zero-order valence-corrected chi connectivity index (χ0v) is 15.0. The van der Waals surface area contributed by atoms with Crippen LogP contribution < -0.4 is 20.9 Å². The van der Waals surface area contributed by atoms with Crippen molar-refractivity contribution in [3.05, 3.63) is 78.9 Å². The van der Waals surface area contributed by atoms with Gasteiger partial charge in [-0.05, 0) is 60.7 Å². The van der Waals surface area contributed by atoms with E-state index in [9.17, 15) is 0 Å². The van der Waals surface area contributed by atoms with Crippen LogP contribution >= 0.6 is 12.2 Å². The Morgan fingerprint density at radius 1 is 0.852 bits per heavy atom. The lowest BCUT2D eigenvalue weighted by molar-refractivity contribution is 0.483. The molecule has 0 fully saturated rings. The first-order chi connectivity index (χ1) is 13.3. The van der Waals surface area contributed by atoms with E-state index in [-0.39, 0.29) is 0 Å². The smallest absolute Gasteiger partial charge is 0.315 e. The molecule has 0 aliphatic carbocycles. The maximum absolute atomic E-state index is 5.76. The summed E-state index contributed by atoms with van der Waals surface area (Å²) in [5.41, 5.74) is 7.99. The Morgan fingerprint density at radius 3 is 2.33 bits per heavy atom. The Labute approximate surface area is 161 Å². The molecule has 3 N–H and O–H groups in total. The number of aromatic nitrogens is 1. The summed E-state index contributed by atoms with van der Waals surface area (Å²) in [6.45, 7) is 0. The molecule has 4 aromatic rings. The Bertz CT molecular complexity index is 1020. The van der Waals surface area contributed by atoms with Gasteiger partial charge in [0, 0.05) is 5.69 Å². The SMILES string of the molecule is S=C(NNc1nc2ccccc2o1)Nc1ccc(Oc2ccccc2)cc1. The van der Waals surface area contributed by atoms with Crippen molar-refractivity contribution in [2.75, 3.05) is 10.7 Å². The van der Waals surface area contributed by atoms with E-state index in [0.717, 1.165) is 22.7 Å².